The quantitative estimate of drug-likeness (QED) is 0.354. The number of ether oxygens (including phenoxy) is 1. The Morgan fingerprint density at radius 2 is 1.78 bits per heavy atom. The highest BCUT2D eigenvalue weighted by Crippen LogP contribution is 2.35. The summed E-state index contributed by atoms with van der Waals surface area (Å²) in [5.74, 6) is -0.329. The molecule has 1 aliphatic heterocycles. The molecule has 8 heteroatoms. The van der Waals surface area contributed by atoms with E-state index in [4.69, 9.17) is 21.3 Å². The van der Waals surface area contributed by atoms with Crippen LogP contribution in [0.25, 0.3) is 0 Å². The maximum Gasteiger partial charge on any atom is 0.285 e. The lowest BCUT2D eigenvalue weighted by Gasteiger charge is -2.29. The minimum Gasteiger partial charge on any atom is -0.407 e. The third-order valence-electron chi connectivity index (χ3n) is 6.33. The van der Waals surface area contributed by atoms with Crippen molar-refractivity contribution in [2.75, 3.05) is 13.1 Å². The largest absolute Gasteiger partial charge is 0.407 e. The molecule has 1 heterocycles. The molecule has 1 saturated heterocycles. The summed E-state index contributed by atoms with van der Waals surface area (Å²) in [5.41, 5.74) is 9.44. The first-order chi connectivity index (χ1) is 17.4. The number of nitrogens with two attached hydrogens (primary N) is 1. The van der Waals surface area contributed by atoms with E-state index in [0.29, 0.717) is 23.1 Å². The molecule has 2 unspecified atom stereocenters. The smallest absolute Gasteiger partial charge is 0.285 e. The normalized spacial score (nSPS) is 16.0. The van der Waals surface area contributed by atoms with Gasteiger partial charge in [-0.05, 0) is 84.5 Å². The lowest BCUT2D eigenvalue weighted by Crippen LogP contribution is -2.28. The van der Waals surface area contributed by atoms with Crippen LogP contribution in [0, 0.1) is 45.2 Å². The minimum atomic E-state index is -0.548. The highest BCUT2D eigenvalue weighted by atomic mass is 19.1. The number of rotatable bonds is 6. The number of nitriles is 2. The van der Waals surface area contributed by atoms with Crippen molar-refractivity contribution in [3.63, 3.8) is 0 Å². The van der Waals surface area contributed by atoms with E-state index in [2.05, 4.69) is 11.0 Å². The topological polar surface area (TPSA) is 134 Å². The summed E-state index contributed by atoms with van der Waals surface area (Å²) >= 11 is 0. The van der Waals surface area contributed by atoms with Gasteiger partial charge in [0, 0.05) is 12.1 Å². The molecule has 0 aliphatic carbocycles. The summed E-state index contributed by atoms with van der Waals surface area (Å²) in [6.45, 7) is 1.57. The van der Waals surface area contributed by atoms with Gasteiger partial charge in [0.05, 0.1) is 29.3 Å². The van der Waals surface area contributed by atoms with Crippen molar-refractivity contribution in [3.05, 3.63) is 106 Å². The number of halogens is 1. The fraction of sp³-hybridized carbons (Fsp3) is 0.214. The third kappa shape index (κ3) is 5.75. The number of benzene rings is 3. The van der Waals surface area contributed by atoms with Gasteiger partial charge in [0.2, 0.25) is 5.90 Å². The van der Waals surface area contributed by atoms with Crippen molar-refractivity contribution in [1.82, 2.24) is 4.90 Å². The molecule has 2 atom stereocenters. The second kappa shape index (κ2) is 10.8. The number of amidine groups is 1. The highest BCUT2D eigenvalue weighted by Gasteiger charge is 2.31. The van der Waals surface area contributed by atoms with Crippen LogP contribution in [0.4, 0.5) is 4.39 Å². The number of nitrogens with zero attached hydrogens (tertiary/aromatic N) is 3. The number of hydrogen-bond donors (Lipinski definition) is 3. The van der Waals surface area contributed by atoms with E-state index in [1.807, 2.05) is 36.4 Å². The average Bonchev–Trinajstić information content (AvgIpc) is 3.31. The number of likely N-dealkylation sites (tertiary alicyclic amines) is 1. The second-order valence-corrected chi connectivity index (χ2v) is 8.87. The molecule has 4 N–H and O–H groups in total. The Bertz CT molecular complexity index is 1370. The van der Waals surface area contributed by atoms with Crippen molar-refractivity contribution in [1.29, 1.82) is 21.3 Å². The van der Waals surface area contributed by atoms with Gasteiger partial charge in [0.1, 0.15) is 5.82 Å². The number of nitrogens with one attached hydrogen (secondary N) is 2. The van der Waals surface area contributed by atoms with E-state index in [1.54, 1.807) is 24.3 Å². The summed E-state index contributed by atoms with van der Waals surface area (Å²) in [7, 11) is 0. The Kier molecular flexibility index (Phi) is 7.39. The second-order valence-electron chi connectivity index (χ2n) is 8.87. The molecule has 0 saturated carbocycles. The molecule has 0 radical (unpaired) electrons. The monoisotopic (exact) mass is 480 g/mol. The fourth-order valence-corrected chi connectivity index (χ4v) is 4.80. The first-order valence-electron chi connectivity index (χ1n) is 11.5. The van der Waals surface area contributed by atoms with Crippen molar-refractivity contribution >= 4 is 11.9 Å². The molecular formula is C28H25FN6O. The SMILES string of the molecule is N#Cc1ccc(C(c2cccc(C(=N)OC(=N)N)c2)N2CCC(Cc3cc(F)cc(C#N)c3)C2)cc1. The first kappa shape index (κ1) is 24.6. The molecule has 3 aromatic carbocycles. The molecule has 180 valence electrons. The highest BCUT2D eigenvalue weighted by molar-refractivity contribution is 5.98. The van der Waals surface area contributed by atoms with E-state index in [0.717, 1.165) is 36.2 Å². The Labute approximate surface area is 209 Å². The van der Waals surface area contributed by atoms with Crippen molar-refractivity contribution in [2.45, 2.75) is 18.9 Å². The van der Waals surface area contributed by atoms with Gasteiger partial charge >= 0.3 is 0 Å². The predicted octanol–water partition coefficient (Wildman–Crippen LogP) is 4.46. The Hall–Kier alpha value is -4.53. The van der Waals surface area contributed by atoms with Gasteiger partial charge in [0.25, 0.3) is 6.02 Å². The molecule has 0 spiro atoms. The Morgan fingerprint density at radius 1 is 1.03 bits per heavy atom. The molecule has 0 bridgehead atoms. The zero-order chi connectivity index (χ0) is 25.7. The molecule has 0 aromatic heterocycles. The summed E-state index contributed by atoms with van der Waals surface area (Å²) in [5, 5.41) is 33.8. The zero-order valence-corrected chi connectivity index (χ0v) is 19.5. The third-order valence-corrected chi connectivity index (χ3v) is 6.33. The van der Waals surface area contributed by atoms with Crippen LogP contribution in [0.15, 0.2) is 66.7 Å². The predicted molar refractivity (Wildman–Crippen MR) is 134 cm³/mol. The van der Waals surface area contributed by atoms with E-state index >= 15 is 0 Å². The average molecular weight is 481 g/mol. The van der Waals surface area contributed by atoms with E-state index in [9.17, 15) is 14.9 Å². The van der Waals surface area contributed by atoms with Gasteiger partial charge in [-0.1, -0.05) is 24.3 Å². The summed E-state index contributed by atoms with van der Waals surface area (Å²) in [6.07, 6.45) is 1.58. The van der Waals surface area contributed by atoms with Crippen LogP contribution in [0.1, 0.15) is 45.8 Å². The van der Waals surface area contributed by atoms with Gasteiger partial charge in [-0.15, -0.1) is 0 Å². The molecule has 1 fully saturated rings. The fourth-order valence-electron chi connectivity index (χ4n) is 4.80. The van der Waals surface area contributed by atoms with E-state index in [1.165, 1.54) is 12.1 Å². The number of hydrogen-bond acceptors (Lipinski definition) is 6. The van der Waals surface area contributed by atoms with Crippen molar-refractivity contribution in [3.8, 4) is 12.1 Å². The molecule has 3 aromatic rings. The van der Waals surface area contributed by atoms with Gasteiger partial charge < -0.3 is 10.5 Å². The van der Waals surface area contributed by atoms with Crippen LogP contribution in [0.3, 0.4) is 0 Å². The van der Waals surface area contributed by atoms with Gasteiger partial charge in [-0.3, -0.25) is 15.7 Å². The van der Waals surface area contributed by atoms with E-state index in [-0.39, 0.29) is 17.9 Å². The molecule has 36 heavy (non-hydrogen) atoms. The van der Waals surface area contributed by atoms with Crippen LogP contribution in [-0.4, -0.2) is 29.9 Å². The molecule has 7 nitrogen and oxygen atoms in total. The molecule has 1 aliphatic rings. The minimum absolute atomic E-state index is 0.144. The van der Waals surface area contributed by atoms with E-state index < -0.39 is 11.8 Å². The standard InChI is InChI=1S/C28H25FN6O/c29-25-12-20(11-21(13-25)16-31)10-19-8-9-35(17-19)26(22-6-4-18(15-30)5-7-22)23-2-1-3-24(14-23)27(32)36-28(33)34/h1-7,11-14,19,26,32H,8-10,17H2,(H3,33,34). The van der Waals surface area contributed by atoms with Crippen molar-refractivity contribution in [2.24, 2.45) is 11.7 Å². The van der Waals surface area contributed by atoms with Crippen LogP contribution in [0.2, 0.25) is 0 Å². The first-order valence-corrected chi connectivity index (χ1v) is 11.5. The summed E-state index contributed by atoms with van der Waals surface area (Å²) in [6, 6.07) is 22.8. The summed E-state index contributed by atoms with van der Waals surface area (Å²) < 4.78 is 18.9. The molecule has 0 amide bonds. The maximum absolute atomic E-state index is 13.9. The van der Waals surface area contributed by atoms with Crippen LogP contribution in [-0.2, 0) is 11.2 Å². The molecular weight excluding hydrogens is 455 g/mol. The lowest BCUT2D eigenvalue weighted by atomic mass is 9.94. The Balaban J connectivity index is 1.62. The maximum atomic E-state index is 13.9. The molecule has 4 rings (SSSR count). The van der Waals surface area contributed by atoms with Crippen LogP contribution in [0.5, 0.6) is 0 Å². The van der Waals surface area contributed by atoms with Crippen molar-refractivity contribution < 1.29 is 9.13 Å². The lowest BCUT2D eigenvalue weighted by molar-refractivity contribution is 0.269. The van der Waals surface area contributed by atoms with Gasteiger partial charge in [-0.25, -0.2) is 4.39 Å². The zero-order valence-electron chi connectivity index (χ0n) is 19.5. The van der Waals surface area contributed by atoms with Crippen LogP contribution < -0.4 is 5.73 Å². The van der Waals surface area contributed by atoms with Gasteiger partial charge in [-0.2, -0.15) is 10.5 Å². The van der Waals surface area contributed by atoms with Gasteiger partial charge in [0.15, 0.2) is 0 Å². The Morgan fingerprint density at radius 3 is 2.47 bits per heavy atom. The summed E-state index contributed by atoms with van der Waals surface area (Å²) in [4.78, 5) is 2.34. The van der Waals surface area contributed by atoms with Crippen LogP contribution >= 0.6 is 0 Å².